The molecular weight excluding hydrogens is 190 g/mol. The minimum atomic E-state index is 0.179. The van der Waals surface area contributed by atoms with Crippen molar-refractivity contribution in [3.05, 3.63) is 11.7 Å². The molecule has 0 aliphatic carbocycles. The highest BCUT2D eigenvalue weighted by molar-refractivity contribution is 4.94. The average molecular weight is 207 g/mol. The zero-order chi connectivity index (χ0) is 11.3. The van der Waals surface area contributed by atoms with Crippen molar-refractivity contribution < 1.29 is 4.52 Å². The van der Waals surface area contributed by atoms with E-state index in [-0.39, 0.29) is 5.92 Å². The predicted octanol–water partition coefficient (Wildman–Crippen LogP) is 2.68. The number of aromatic nitrogens is 2. The van der Waals surface area contributed by atoms with Crippen molar-refractivity contribution in [3.8, 4) is 6.07 Å². The molecule has 1 atom stereocenters. The number of nitriles is 1. The quantitative estimate of drug-likeness (QED) is 0.744. The number of rotatable bonds is 5. The third-order valence-electron chi connectivity index (χ3n) is 2.19. The standard InChI is InChI=1S/C11H17N3O/c1-8(2)7-10-13-11(15-14-10)9(3)5-4-6-12/h8-9H,4-5,7H2,1-3H3. The molecule has 0 N–H and O–H groups in total. The fraction of sp³-hybridized carbons (Fsp3) is 0.727. The molecule has 0 bridgehead atoms. The van der Waals surface area contributed by atoms with Gasteiger partial charge in [-0.05, 0) is 12.3 Å². The molecule has 15 heavy (non-hydrogen) atoms. The van der Waals surface area contributed by atoms with Gasteiger partial charge in [0.05, 0.1) is 6.07 Å². The fourth-order valence-electron chi connectivity index (χ4n) is 1.32. The van der Waals surface area contributed by atoms with Crippen LogP contribution in [0.5, 0.6) is 0 Å². The largest absolute Gasteiger partial charge is 0.339 e. The first-order chi connectivity index (χ1) is 7.13. The molecule has 1 aromatic rings. The average Bonchev–Trinajstić information content (AvgIpc) is 2.61. The first-order valence-corrected chi connectivity index (χ1v) is 5.33. The van der Waals surface area contributed by atoms with Crippen molar-refractivity contribution in [1.29, 1.82) is 5.26 Å². The third-order valence-corrected chi connectivity index (χ3v) is 2.19. The van der Waals surface area contributed by atoms with Gasteiger partial charge in [0.2, 0.25) is 5.89 Å². The van der Waals surface area contributed by atoms with Crippen molar-refractivity contribution in [2.45, 2.75) is 46.0 Å². The van der Waals surface area contributed by atoms with E-state index in [2.05, 4.69) is 30.1 Å². The molecular formula is C11H17N3O. The normalized spacial score (nSPS) is 12.7. The van der Waals surface area contributed by atoms with Crippen LogP contribution in [0.25, 0.3) is 0 Å². The van der Waals surface area contributed by atoms with Crippen LogP contribution >= 0.6 is 0 Å². The Morgan fingerprint density at radius 3 is 2.73 bits per heavy atom. The maximum atomic E-state index is 8.47. The van der Waals surface area contributed by atoms with E-state index in [1.165, 1.54) is 0 Å². The van der Waals surface area contributed by atoms with Crippen LogP contribution in [0.15, 0.2) is 4.52 Å². The molecule has 4 nitrogen and oxygen atoms in total. The van der Waals surface area contributed by atoms with E-state index in [9.17, 15) is 0 Å². The molecule has 0 aliphatic rings. The highest BCUT2D eigenvalue weighted by atomic mass is 16.5. The molecule has 0 aliphatic heterocycles. The van der Waals surface area contributed by atoms with Gasteiger partial charge in [-0.3, -0.25) is 0 Å². The molecule has 0 spiro atoms. The van der Waals surface area contributed by atoms with Crippen molar-refractivity contribution in [1.82, 2.24) is 10.1 Å². The predicted molar refractivity (Wildman–Crippen MR) is 56.1 cm³/mol. The van der Waals surface area contributed by atoms with E-state index in [1.807, 2.05) is 6.92 Å². The second kappa shape index (κ2) is 5.50. The van der Waals surface area contributed by atoms with E-state index < -0.39 is 0 Å². The first-order valence-electron chi connectivity index (χ1n) is 5.33. The fourth-order valence-corrected chi connectivity index (χ4v) is 1.32. The summed E-state index contributed by atoms with van der Waals surface area (Å²) < 4.78 is 5.15. The Hall–Kier alpha value is -1.37. The molecule has 1 aromatic heterocycles. The minimum absolute atomic E-state index is 0.179. The minimum Gasteiger partial charge on any atom is -0.339 e. The van der Waals surface area contributed by atoms with Gasteiger partial charge in [0.25, 0.3) is 0 Å². The molecule has 1 heterocycles. The molecule has 0 radical (unpaired) electrons. The second-order valence-electron chi connectivity index (χ2n) is 4.24. The van der Waals surface area contributed by atoms with E-state index >= 15 is 0 Å². The Bertz CT molecular complexity index is 338. The summed E-state index contributed by atoms with van der Waals surface area (Å²) in [5.41, 5.74) is 0. The Labute approximate surface area is 90.3 Å². The molecule has 0 amide bonds. The van der Waals surface area contributed by atoms with Gasteiger partial charge < -0.3 is 4.52 Å². The molecule has 1 rings (SSSR count). The van der Waals surface area contributed by atoms with Crippen LogP contribution in [0.3, 0.4) is 0 Å². The number of hydrogen-bond acceptors (Lipinski definition) is 4. The van der Waals surface area contributed by atoms with Crippen LogP contribution in [0, 0.1) is 17.2 Å². The summed E-state index contributed by atoms with van der Waals surface area (Å²) in [6.45, 7) is 6.24. The molecule has 0 saturated heterocycles. The topological polar surface area (TPSA) is 62.7 Å². The van der Waals surface area contributed by atoms with Crippen molar-refractivity contribution in [3.63, 3.8) is 0 Å². The Kier molecular flexibility index (Phi) is 4.29. The molecule has 1 unspecified atom stereocenters. The summed E-state index contributed by atoms with van der Waals surface area (Å²) in [5, 5.41) is 12.4. The third kappa shape index (κ3) is 3.70. The number of hydrogen-bond donors (Lipinski definition) is 0. The van der Waals surface area contributed by atoms with Crippen LogP contribution in [-0.4, -0.2) is 10.1 Å². The van der Waals surface area contributed by atoms with Gasteiger partial charge in [-0.25, -0.2) is 0 Å². The first kappa shape index (κ1) is 11.7. The smallest absolute Gasteiger partial charge is 0.229 e. The summed E-state index contributed by atoms with van der Waals surface area (Å²) in [6, 6.07) is 2.12. The second-order valence-corrected chi connectivity index (χ2v) is 4.24. The van der Waals surface area contributed by atoms with Gasteiger partial charge in [-0.1, -0.05) is 25.9 Å². The van der Waals surface area contributed by atoms with Crippen LogP contribution < -0.4 is 0 Å². The highest BCUT2D eigenvalue weighted by Gasteiger charge is 2.14. The maximum Gasteiger partial charge on any atom is 0.229 e. The van der Waals surface area contributed by atoms with Gasteiger partial charge >= 0.3 is 0 Å². The van der Waals surface area contributed by atoms with Gasteiger partial charge in [0, 0.05) is 18.8 Å². The van der Waals surface area contributed by atoms with Crippen molar-refractivity contribution in [2.24, 2.45) is 5.92 Å². The number of nitrogens with zero attached hydrogens (tertiary/aromatic N) is 3. The van der Waals surface area contributed by atoms with Crippen LogP contribution in [0.4, 0.5) is 0 Å². The zero-order valence-corrected chi connectivity index (χ0v) is 9.53. The molecule has 82 valence electrons. The van der Waals surface area contributed by atoms with Gasteiger partial charge in [-0.15, -0.1) is 0 Å². The highest BCUT2D eigenvalue weighted by Crippen LogP contribution is 2.18. The van der Waals surface area contributed by atoms with Crippen LogP contribution in [0.1, 0.15) is 51.2 Å². The maximum absolute atomic E-state index is 8.47. The lowest BCUT2D eigenvalue weighted by molar-refractivity contribution is 0.349. The summed E-state index contributed by atoms with van der Waals surface area (Å²) in [4.78, 5) is 4.32. The lowest BCUT2D eigenvalue weighted by atomic mass is 10.1. The van der Waals surface area contributed by atoms with E-state index in [4.69, 9.17) is 9.78 Å². The Morgan fingerprint density at radius 2 is 2.13 bits per heavy atom. The summed E-state index contributed by atoms with van der Waals surface area (Å²) in [7, 11) is 0. The van der Waals surface area contributed by atoms with E-state index in [0.717, 1.165) is 18.7 Å². The Morgan fingerprint density at radius 1 is 1.40 bits per heavy atom. The van der Waals surface area contributed by atoms with Crippen LogP contribution in [-0.2, 0) is 6.42 Å². The SMILES string of the molecule is CC(C)Cc1noc(C(C)CCC#N)n1. The van der Waals surface area contributed by atoms with Gasteiger partial charge in [0.15, 0.2) is 5.82 Å². The summed E-state index contributed by atoms with van der Waals surface area (Å²) >= 11 is 0. The molecule has 0 fully saturated rings. The van der Waals surface area contributed by atoms with Crippen molar-refractivity contribution >= 4 is 0 Å². The van der Waals surface area contributed by atoms with Crippen LogP contribution in [0.2, 0.25) is 0 Å². The zero-order valence-electron chi connectivity index (χ0n) is 9.53. The van der Waals surface area contributed by atoms with E-state index in [1.54, 1.807) is 0 Å². The summed E-state index contributed by atoms with van der Waals surface area (Å²) in [5.74, 6) is 2.13. The van der Waals surface area contributed by atoms with Gasteiger partial charge in [-0.2, -0.15) is 10.2 Å². The monoisotopic (exact) mass is 207 g/mol. The Balaban J connectivity index is 2.55. The van der Waals surface area contributed by atoms with E-state index in [0.29, 0.717) is 18.2 Å². The summed E-state index contributed by atoms with van der Waals surface area (Å²) in [6.07, 6.45) is 2.15. The lowest BCUT2D eigenvalue weighted by Gasteiger charge is -2.01. The lowest BCUT2D eigenvalue weighted by Crippen LogP contribution is -1.98. The van der Waals surface area contributed by atoms with Gasteiger partial charge in [0.1, 0.15) is 0 Å². The van der Waals surface area contributed by atoms with Crippen molar-refractivity contribution in [2.75, 3.05) is 0 Å². The molecule has 4 heteroatoms. The molecule has 0 aromatic carbocycles. The molecule has 0 saturated carbocycles.